The van der Waals surface area contributed by atoms with Gasteiger partial charge in [-0.2, -0.15) is 5.10 Å². The molecule has 0 unspecified atom stereocenters. The van der Waals surface area contributed by atoms with Crippen molar-refractivity contribution >= 4 is 27.7 Å². The van der Waals surface area contributed by atoms with E-state index >= 15 is 0 Å². The Labute approximate surface area is 177 Å². The van der Waals surface area contributed by atoms with Crippen LogP contribution < -0.4 is 0 Å². The van der Waals surface area contributed by atoms with Crippen LogP contribution in [0.5, 0.6) is 0 Å². The highest BCUT2D eigenvalue weighted by Crippen LogP contribution is 2.22. The molecule has 29 heavy (non-hydrogen) atoms. The van der Waals surface area contributed by atoms with Crippen molar-refractivity contribution in [3.05, 3.63) is 69.8 Å². The summed E-state index contributed by atoms with van der Waals surface area (Å²) in [5, 5.41) is 4.58. The molecule has 3 heterocycles. The molecular weight excluding hydrogens is 436 g/mol. The lowest BCUT2D eigenvalue weighted by Gasteiger charge is -2.34. The Morgan fingerprint density at radius 3 is 2.17 bits per heavy atom. The van der Waals surface area contributed by atoms with Gasteiger partial charge in [0, 0.05) is 30.7 Å². The number of rotatable bonds is 3. The molecule has 4 rings (SSSR count). The Balaban J connectivity index is 1.49. The molecule has 7 nitrogen and oxygen atoms in total. The van der Waals surface area contributed by atoms with Gasteiger partial charge in [-0.3, -0.25) is 9.59 Å². The van der Waals surface area contributed by atoms with Crippen molar-refractivity contribution in [2.24, 2.45) is 0 Å². The topological polar surface area (TPSA) is 71.6 Å². The number of halogens is 1. The van der Waals surface area contributed by atoms with Gasteiger partial charge in [-0.15, -0.1) is 0 Å². The third-order valence-electron chi connectivity index (χ3n) is 5.16. The molecule has 3 aromatic rings. The average Bonchev–Trinajstić information content (AvgIpc) is 3.36. The average molecular weight is 457 g/mol. The molecule has 0 aliphatic carbocycles. The Kier molecular flexibility index (Phi) is 5.27. The van der Waals surface area contributed by atoms with Crippen LogP contribution >= 0.6 is 15.9 Å². The Morgan fingerprint density at radius 2 is 1.59 bits per heavy atom. The maximum absolute atomic E-state index is 13.2. The zero-order valence-electron chi connectivity index (χ0n) is 16.3. The first-order valence-corrected chi connectivity index (χ1v) is 10.2. The lowest BCUT2D eigenvalue weighted by atomic mass is 10.1. The summed E-state index contributed by atoms with van der Waals surface area (Å²) >= 11 is 3.43. The number of carbonyl (C=O) groups is 2. The van der Waals surface area contributed by atoms with Crippen molar-refractivity contribution in [3.63, 3.8) is 0 Å². The molecule has 0 atom stereocenters. The minimum absolute atomic E-state index is 0.0477. The van der Waals surface area contributed by atoms with Crippen molar-refractivity contribution in [2.45, 2.75) is 13.8 Å². The standard InChI is InChI=1S/C21H21BrN4O3/c1-14-19(15(2)26(23-14)17-7-5-16(22)6-8-17)21(28)25-11-9-24(10-12-25)20(27)18-4-3-13-29-18/h3-8,13H,9-12H2,1-2H3. The van der Waals surface area contributed by atoms with Crippen LogP contribution in [0.2, 0.25) is 0 Å². The van der Waals surface area contributed by atoms with E-state index < -0.39 is 0 Å². The summed E-state index contributed by atoms with van der Waals surface area (Å²) in [5.41, 5.74) is 3.04. The van der Waals surface area contributed by atoms with Crippen LogP contribution in [0.4, 0.5) is 0 Å². The van der Waals surface area contributed by atoms with Gasteiger partial charge in [0.15, 0.2) is 5.76 Å². The number of aryl methyl sites for hydroxylation is 1. The molecule has 0 bridgehead atoms. The minimum atomic E-state index is -0.141. The molecule has 1 fully saturated rings. The number of hydrogen-bond donors (Lipinski definition) is 0. The lowest BCUT2D eigenvalue weighted by Crippen LogP contribution is -2.50. The normalized spacial score (nSPS) is 14.3. The van der Waals surface area contributed by atoms with Crippen LogP contribution in [0.15, 0.2) is 51.6 Å². The number of nitrogens with zero attached hydrogens (tertiary/aromatic N) is 4. The third-order valence-corrected chi connectivity index (χ3v) is 5.69. The smallest absolute Gasteiger partial charge is 0.289 e. The van der Waals surface area contributed by atoms with Crippen LogP contribution in [0.3, 0.4) is 0 Å². The zero-order valence-corrected chi connectivity index (χ0v) is 17.8. The third kappa shape index (κ3) is 3.72. The van der Waals surface area contributed by atoms with E-state index in [0.29, 0.717) is 43.2 Å². The first kappa shape index (κ1) is 19.4. The summed E-state index contributed by atoms with van der Waals surface area (Å²) in [6.45, 7) is 5.67. The quantitative estimate of drug-likeness (QED) is 0.604. The summed E-state index contributed by atoms with van der Waals surface area (Å²) < 4.78 is 7.97. The van der Waals surface area contributed by atoms with E-state index in [4.69, 9.17) is 4.42 Å². The predicted octanol–water partition coefficient (Wildman–Crippen LogP) is 3.44. The summed E-state index contributed by atoms with van der Waals surface area (Å²) in [6.07, 6.45) is 1.49. The fourth-order valence-corrected chi connectivity index (χ4v) is 3.88. The summed E-state index contributed by atoms with van der Waals surface area (Å²) in [5.74, 6) is 0.137. The van der Waals surface area contributed by atoms with Gasteiger partial charge in [0.25, 0.3) is 11.8 Å². The molecule has 1 aromatic carbocycles. The van der Waals surface area contributed by atoms with E-state index in [0.717, 1.165) is 15.9 Å². The van der Waals surface area contributed by atoms with E-state index in [-0.39, 0.29) is 11.8 Å². The largest absolute Gasteiger partial charge is 0.459 e. The van der Waals surface area contributed by atoms with Crippen LogP contribution in [0.1, 0.15) is 32.3 Å². The molecule has 1 saturated heterocycles. The number of piperazine rings is 1. The molecule has 0 N–H and O–H groups in total. The van der Waals surface area contributed by atoms with Crippen molar-refractivity contribution in [2.75, 3.05) is 26.2 Å². The maximum Gasteiger partial charge on any atom is 0.289 e. The van der Waals surface area contributed by atoms with E-state index in [1.54, 1.807) is 26.6 Å². The second-order valence-corrected chi connectivity index (χ2v) is 7.91. The van der Waals surface area contributed by atoms with Crippen LogP contribution in [-0.4, -0.2) is 57.6 Å². The Bertz CT molecular complexity index is 1030. The molecule has 0 saturated carbocycles. The molecule has 1 aliphatic heterocycles. The Morgan fingerprint density at radius 1 is 0.966 bits per heavy atom. The fraction of sp³-hybridized carbons (Fsp3) is 0.286. The second-order valence-electron chi connectivity index (χ2n) is 7.00. The first-order chi connectivity index (χ1) is 14.0. The van der Waals surface area contributed by atoms with Gasteiger partial charge in [0.1, 0.15) is 0 Å². The number of amides is 2. The number of furan rings is 1. The lowest BCUT2D eigenvalue weighted by molar-refractivity contribution is 0.0517. The molecule has 0 spiro atoms. The molecule has 2 amide bonds. The van der Waals surface area contributed by atoms with Gasteiger partial charge >= 0.3 is 0 Å². The highest BCUT2D eigenvalue weighted by Gasteiger charge is 2.29. The van der Waals surface area contributed by atoms with E-state index in [1.165, 1.54) is 6.26 Å². The van der Waals surface area contributed by atoms with E-state index in [1.807, 2.05) is 38.1 Å². The van der Waals surface area contributed by atoms with Gasteiger partial charge in [-0.25, -0.2) is 4.68 Å². The Hall–Kier alpha value is -2.87. The fourth-order valence-electron chi connectivity index (χ4n) is 3.61. The summed E-state index contributed by atoms with van der Waals surface area (Å²) in [6, 6.07) is 11.2. The number of benzene rings is 1. The number of carbonyl (C=O) groups excluding carboxylic acids is 2. The van der Waals surface area contributed by atoms with Crippen molar-refractivity contribution in [3.8, 4) is 5.69 Å². The summed E-state index contributed by atoms with van der Waals surface area (Å²) in [7, 11) is 0. The van der Waals surface area contributed by atoms with Gasteiger partial charge in [0.2, 0.25) is 0 Å². The molecular formula is C21H21BrN4O3. The van der Waals surface area contributed by atoms with Crippen LogP contribution in [0.25, 0.3) is 5.69 Å². The highest BCUT2D eigenvalue weighted by atomic mass is 79.9. The number of hydrogen-bond acceptors (Lipinski definition) is 4. The summed E-state index contributed by atoms with van der Waals surface area (Å²) in [4.78, 5) is 29.1. The van der Waals surface area contributed by atoms with Crippen molar-refractivity contribution in [1.82, 2.24) is 19.6 Å². The first-order valence-electron chi connectivity index (χ1n) is 9.40. The van der Waals surface area contributed by atoms with Crippen molar-refractivity contribution in [1.29, 1.82) is 0 Å². The monoisotopic (exact) mass is 456 g/mol. The van der Waals surface area contributed by atoms with Gasteiger partial charge in [0.05, 0.1) is 28.9 Å². The van der Waals surface area contributed by atoms with Gasteiger partial charge in [-0.05, 0) is 50.2 Å². The van der Waals surface area contributed by atoms with E-state index in [2.05, 4.69) is 21.0 Å². The zero-order chi connectivity index (χ0) is 20.5. The highest BCUT2D eigenvalue weighted by molar-refractivity contribution is 9.10. The second kappa shape index (κ2) is 7.87. The van der Waals surface area contributed by atoms with Crippen LogP contribution in [-0.2, 0) is 0 Å². The predicted molar refractivity (Wildman–Crippen MR) is 111 cm³/mol. The molecule has 150 valence electrons. The van der Waals surface area contributed by atoms with Gasteiger partial charge in [-0.1, -0.05) is 15.9 Å². The number of aromatic nitrogens is 2. The van der Waals surface area contributed by atoms with Gasteiger partial charge < -0.3 is 14.2 Å². The van der Waals surface area contributed by atoms with Crippen LogP contribution in [0, 0.1) is 13.8 Å². The SMILES string of the molecule is Cc1nn(-c2ccc(Br)cc2)c(C)c1C(=O)N1CCN(C(=O)c2ccco2)CC1. The van der Waals surface area contributed by atoms with E-state index in [9.17, 15) is 9.59 Å². The minimum Gasteiger partial charge on any atom is -0.459 e. The molecule has 1 aliphatic rings. The van der Waals surface area contributed by atoms with Crippen molar-refractivity contribution < 1.29 is 14.0 Å². The molecule has 2 aromatic heterocycles. The maximum atomic E-state index is 13.2. The molecule has 8 heteroatoms. The molecule has 0 radical (unpaired) electrons.